The van der Waals surface area contributed by atoms with Gasteiger partial charge in [0.2, 0.25) is 0 Å². The van der Waals surface area contributed by atoms with Gasteiger partial charge < -0.3 is 9.72 Å². The number of nitrogens with one attached hydrogen (secondary N) is 1. The maximum Gasteiger partial charge on any atom is 0.305 e. The number of benzene rings is 1. The summed E-state index contributed by atoms with van der Waals surface area (Å²) in [4.78, 5) is 18.9. The number of carbonyl (C=O) groups is 1. The summed E-state index contributed by atoms with van der Waals surface area (Å²) >= 11 is 0. The molecule has 2 aromatic rings. The molecule has 0 unspecified atom stereocenters. The van der Waals surface area contributed by atoms with Gasteiger partial charge in [-0.05, 0) is 13.8 Å². The van der Waals surface area contributed by atoms with E-state index < -0.39 is 0 Å². The Bertz CT molecular complexity index is 570. The van der Waals surface area contributed by atoms with E-state index in [4.69, 9.17) is 0 Å². The number of H-pyrrole nitrogens is 1. The highest BCUT2D eigenvalue weighted by Gasteiger charge is 2.10. The van der Waals surface area contributed by atoms with E-state index in [0.717, 1.165) is 22.8 Å². The summed E-state index contributed by atoms with van der Waals surface area (Å²) < 4.78 is 4.63. The molecule has 0 aliphatic rings. The van der Waals surface area contributed by atoms with Gasteiger partial charge >= 0.3 is 5.97 Å². The van der Waals surface area contributed by atoms with Gasteiger partial charge in [0.15, 0.2) is 0 Å². The Labute approximate surface area is 112 Å². The molecule has 100 valence electrons. The van der Waals surface area contributed by atoms with E-state index in [2.05, 4.69) is 45.9 Å². The van der Waals surface area contributed by atoms with Crippen molar-refractivity contribution in [3.05, 3.63) is 41.3 Å². The first kappa shape index (κ1) is 13.3. The molecular formula is C15H18N2O2. The van der Waals surface area contributed by atoms with E-state index in [-0.39, 0.29) is 5.97 Å². The van der Waals surface area contributed by atoms with Crippen LogP contribution in [0, 0.1) is 13.8 Å². The largest absolute Gasteiger partial charge is 0.469 e. The number of rotatable bonds is 4. The molecular weight excluding hydrogens is 240 g/mol. The first-order valence-corrected chi connectivity index (χ1v) is 6.29. The Hall–Kier alpha value is -2.10. The van der Waals surface area contributed by atoms with Gasteiger partial charge in [-0.1, -0.05) is 29.8 Å². The number of aromatic nitrogens is 2. The molecule has 0 saturated heterocycles. The summed E-state index contributed by atoms with van der Waals surface area (Å²) in [6.07, 6.45) is 0.913. The van der Waals surface area contributed by atoms with Gasteiger partial charge in [0, 0.05) is 17.7 Å². The van der Waals surface area contributed by atoms with Crippen LogP contribution in [0.25, 0.3) is 11.3 Å². The van der Waals surface area contributed by atoms with Crippen LogP contribution in [0.1, 0.15) is 23.5 Å². The zero-order valence-corrected chi connectivity index (χ0v) is 11.5. The number of carbonyl (C=O) groups excluding carboxylic acids is 1. The fourth-order valence-electron chi connectivity index (χ4n) is 1.96. The van der Waals surface area contributed by atoms with Gasteiger partial charge in [-0.3, -0.25) is 4.79 Å². The third-order valence-corrected chi connectivity index (χ3v) is 3.05. The highest BCUT2D eigenvalue weighted by atomic mass is 16.5. The maximum absolute atomic E-state index is 11.1. The minimum Gasteiger partial charge on any atom is -0.469 e. The van der Waals surface area contributed by atoms with Crippen LogP contribution in [0.3, 0.4) is 0 Å². The summed E-state index contributed by atoms with van der Waals surface area (Å²) in [5.41, 5.74) is 4.27. The second-order valence-corrected chi connectivity index (χ2v) is 4.60. The van der Waals surface area contributed by atoms with Crippen LogP contribution >= 0.6 is 0 Å². The predicted molar refractivity (Wildman–Crippen MR) is 73.8 cm³/mol. The average molecular weight is 258 g/mol. The highest BCUT2D eigenvalue weighted by molar-refractivity contribution is 5.69. The molecule has 19 heavy (non-hydrogen) atoms. The van der Waals surface area contributed by atoms with Gasteiger partial charge in [-0.2, -0.15) is 0 Å². The maximum atomic E-state index is 11.1. The number of methoxy groups -OCH3 is 1. The van der Waals surface area contributed by atoms with Gasteiger partial charge in [0.25, 0.3) is 0 Å². The Morgan fingerprint density at radius 1 is 1.26 bits per heavy atom. The van der Waals surface area contributed by atoms with Crippen LogP contribution in [-0.4, -0.2) is 23.0 Å². The van der Waals surface area contributed by atoms with Crippen LogP contribution < -0.4 is 0 Å². The summed E-state index contributed by atoms with van der Waals surface area (Å²) in [6, 6.07) is 8.25. The third kappa shape index (κ3) is 3.22. The zero-order valence-electron chi connectivity index (χ0n) is 11.5. The average Bonchev–Trinajstić information content (AvgIpc) is 2.78. The monoisotopic (exact) mass is 258 g/mol. The zero-order chi connectivity index (χ0) is 13.8. The summed E-state index contributed by atoms with van der Waals surface area (Å²) in [5, 5.41) is 0. The first-order chi connectivity index (χ1) is 9.10. The van der Waals surface area contributed by atoms with Crippen LogP contribution in [-0.2, 0) is 16.0 Å². The lowest BCUT2D eigenvalue weighted by molar-refractivity contribution is -0.140. The number of aryl methyl sites for hydroxylation is 3. The summed E-state index contributed by atoms with van der Waals surface area (Å²) in [6.45, 7) is 4.05. The number of hydrogen-bond acceptors (Lipinski definition) is 3. The first-order valence-electron chi connectivity index (χ1n) is 6.29. The molecule has 0 spiro atoms. The molecule has 1 heterocycles. The van der Waals surface area contributed by atoms with E-state index in [1.165, 1.54) is 12.7 Å². The van der Waals surface area contributed by atoms with E-state index in [1.807, 2.05) is 6.92 Å². The van der Waals surface area contributed by atoms with Gasteiger partial charge in [-0.25, -0.2) is 4.98 Å². The van der Waals surface area contributed by atoms with Crippen LogP contribution in [0.15, 0.2) is 24.3 Å². The van der Waals surface area contributed by atoms with E-state index >= 15 is 0 Å². The Morgan fingerprint density at radius 3 is 2.58 bits per heavy atom. The van der Waals surface area contributed by atoms with Crippen LogP contribution in [0.5, 0.6) is 0 Å². The Morgan fingerprint density at radius 2 is 1.95 bits per heavy atom. The van der Waals surface area contributed by atoms with Gasteiger partial charge in [0.1, 0.15) is 5.82 Å². The lowest BCUT2D eigenvalue weighted by atomic mass is 10.1. The quantitative estimate of drug-likeness (QED) is 0.858. The molecule has 0 atom stereocenters. The fourth-order valence-corrected chi connectivity index (χ4v) is 1.96. The van der Waals surface area contributed by atoms with Gasteiger partial charge in [0.05, 0.1) is 19.2 Å². The molecule has 0 bridgehead atoms. The van der Waals surface area contributed by atoms with Crippen molar-refractivity contribution in [2.45, 2.75) is 26.7 Å². The molecule has 0 aliphatic heterocycles. The van der Waals surface area contributed by atoms with Crippen molar-refractivity contribution < 1.29 is 9.53 Å². The van der Waals surface area contributed by atoms with E-state index in [1.54, 1.807) is 0 Å². The lowest BCUT2D eigenvalue weighted by Crippen LogP contribution is -2.02. The topological polar surface area (TPSA) is 55.0 Å². The van der Waals surface area contributed by atoms with Crippen molar-refractivity contribution in [3.63, 3.8) is 0 Å². The summed E-state index contributed by atoms with van der Waals surface area (Å²) in [7, 11) is 1.40. The van der Waals surface area contributed by atoms with Crippen molar-refractivity contribution in [2.75, 3.05) is 7.11 Å². The Kier molecular flexibility index (Phi) is 4.00. The van der Waals surface area contributed by atoms with Crippen molar-refractivity contribution in [1.82, 2.24) is 9.97 Å². The van der Waals surface area contributed by atoms with Crippen molar-refractivity contribution in [1.29, 1.82) is 0 Å². The molecule has 1 N–H and O–H groups in total. The van der Waals surface area contributed by atoms with E-state index in [0.29, 0.717) is 12.8 Å². The standard InChI is InChI=1S/C15H18N2O2/c1-10-4-6-12(7-5-10)15-11(2)16-13(17-15)8-9-14(18)19-3/h4-7H,8-9H2,1-3H3,(H,16,17). The predicted octanol–water partition coefficient (Wildman–Crippen LogP) is 2.80. The molecule has 0 saturated carbocycles. The second-order valence-electron chi connectivity index (χ2n) is 4.60. The fraction of sp³-hybridized carbons (Fsp3) is 0.333. The molecule has 0 aliphatic carbocycles. The van der Waals surface area contributed by atoms with Crippen molar-refractivity contribution >= 4 is 5.97 Å². The molecule has 4 nitrogen and oxygen atoms in total. The number of nitrogens with zero attached hydrogens (tertiary/aromatic N) is 1. The minimum absolute atomic E-state index is 0.217. The minimum atomic E-state index is -0.217. The van der Waals surface area contributed by atoms with Crippen molar-refractivity contribution in [2.24, 2.45) is 0 Å². The molecule has 0 fully saturated rings. The van der Waals surface area contributed by atoms with E-state index in [9.17, 15) is 4.79 Å². The lowest BCUT2D eigenvalue weighted by Gasteiger charge is -1.99. The number of ether oxygens (including phenoxy) is 1. The molecule has 2 rings (SSSR count). The van der Waals surface area contributed by atoms with Crippen LogP contribution in [0.2, 0.25) is 0 Å². The normalized spacial score (nSPS) is 10.5. The number of aromatic amines is 1. The molecule has 0 amide bonds. The van der Waals surface area contributed by atoms with Crippen molar-refractivity contribution in [3.8, 4) is 11.3 Å². The molecule has 4 heteroatoms. The van der Waals surface area contributed by atoms with Gasteiger partial charge in [-0.15, -0.1) is 0 Å². The summed E-state index contributed by atoms with van der Waals surface area (Å²) in [5.74, 6) is 0.601. The molecule has 1 aromatic carbocycles. The second kappa shape index (κ2) is 5.69. The number of imidazole rings is 1. The van der Waals surface area contributed by atoms with Crippen LogP contribution in [0.4, 0.5) is 0 Å². The number of esters is 1. The SMILES string of the molecule is COC(=O)CCc1nc(-c2ccc(C)cc2)c(C)[nH]1. The highest BCUT2D eigenvalue weighted by Crippen LogP contribution is 2.21. The molecule has 0 radical (unpaired) electrons. The molecule has 1 aromatic heterocycles. The number of hydrogen-bond donors (Lipinski definition) is 1. The Balaban J connectivity index is 2.16. The third-order valence-electron chi connectivity index (χ3n) is 3.05. The smallest absolute Gasteiger partial charge is 0.305 e.